The molecule has 3 rings (SSSR count). The molecule has 3 heterocycles. The van der Waals surface area contributed by atoms with Gasteiger partial charge in [0.2, 0.25) is 10.0 Å². The van der Waals surface area contributed by atoms with Crippen LogP contribution in [-0.4, -0.2) is 33.0 Å². The SMILES string of the molecule is O=S(=O)(NCC(c1ccco1)N1CCCC1)c1cc(Cl)sc1Cl. The minimum absolute atomic E-state index is 0.0220. The summed E-state index contributed by atoms with van der Waals surface area (Å²) in [5.41, 5.74) is 0. The van der Waals surface area contributed by atoms with Gasteiger partial charge in [0.1, 0.15) is 15.0 Å². The van der Waals surface area contributed by atoms with Gasteiger partial charge in [0.15, 0.2) is 0 Å². The Kier molecular flexibility index (Phi) is 5.35. The summed E-state index contributed by atoms with van der Waals surface area (Å²) in [6.45, 7) is 2.08. The van der Waals surface area contributed by atoms with Crippen molar-refractivity contribution in [3.05, 3.63) is 38.9 Å². The van der Waals surface area contributed by atoms with E-state index in [0.29, 0.717) is 4.34 Å². The van der Waals surface area contributed by atoms with Gasteiger partial charge in [-0.25, -0.2) is 13.1 Å². The lowest BCUT2D eigenvalue weighted by molar-refractivity contribution is 0.216. The van der Waals surface area contributed by atoms with E-state index in [4.69, 9.17) is 27.6 Å². The van der Waals surface area contributed by atoms with E-state index in [9.17, 15) is 8.42 Å². The molecule has 0 bridgehead atoms. The Balaban J connectivity index is 1.77. The first kappa shape index (κ1) is 17.3. The van der Waals surface area contributed by atoms with Crippen LogP contribution < -0.4 is 4.72 Å². The normalized spacial score (nSPS) is 17.7. The molecule has 0 aliphatic carbocycles. The largest absolute Gasteiger partial charge is 0.468 e. The molecule has 0 saturated carbocycles. The van der Waals surface area contributed by atoms with Crippen LogP contribution in [0.2, 0.25) is 8.67 Å². The van der Waals surface area contributed by atoms with Gasteiger partial charge in [-0.15, -0.1) is 11.3 Å². The molecule has 1 fully saturated rings. The monoisotopic (exact) mass is 394 g/mol. The van der Waals surface area contributed by atoms with Crippen LogP contribution >= 0.6 is 34.5 Å². The smallest absolute Gasteiger partial charge is 0.243 e. The molecule has 1 aliphatic heterocycles. The second kappa shape index (κ2) is 7.13. The lowest BCUT2D eigenvalue weighted by atomic mass is 10.2. The molecule has 126 valence electrons. The van der Waals surface area contributed by atoms with E-state index >= 15 is 0 Å². The minimum Gasteiger partial charge on any atom is -0.468 e. The van der Waals surface area contributed by atoms with Crippen molar-refractivity contribution in [2.45, 2.75) is 23.8 Å². The van der Waals surface area contributed by atoms with Crippen molar-refractivity contribution in [1.29, 1.82) is 0 Å². The zero-order valence-corrected chi connectivity index (χ0v) is 15.3. The molecule has 1 atom stereocenters. The third-order valence-electron chi connectivity index (χ3n) is 3.83. The summed E-state index contributed by atoms with van der Waals surface area (Å²) >= 11 is 12.8. The summed E-state index contributed by atoms with van der Waals surface area (Å²) < 4.78 is 33.5. The number of hydrogen-bond acceptors (Lipinski definition) is 5. The van der Waals surface area contributed by atoms with Gasteiger partial charge in [-0.2, -0.15) is 0 Å². The number of likely N-dealkylation sites (tertiary alicyclic amines) is 1. The Morgan fingerprint density at radius 1 is 1.35 bits per heavy atom. The molecule has 2 aromatic rings. The molecule has 1 saturated heterocycles. The quantitative estimate of drug-likeness (QED) is 0.809. The fraction of sp³-hybridized carbons (Fsp3) is 0.429. The molecule has 1 aliphatic rings. The highest BCUT2D eigenvalue weighted by molar-refractivity contribution is 7.89. The van der Waals surface area contributed by atoms with Gasteiger partial charge < -0.3 is 4.42 Å². The first-order valence-corrected chi connectivity index (χ1v) is 10.2. The van der Waals surface area contributed by atoms with Crippen molar-refractivity contribution in [2.75, 3.05) is 19.6 Å². The number of nitrogens with zero attached hydrogens (tertiary/aromatic N) is 1. The highest BCUT2D eigenvalue weighted by Crippen LogP contribution is 2.34. The van der Waals surface area contributed by atoms with Crippen molar-refractivity contribution >= 4 is 44.6 Å². The third kappa shape index (κ3) is 3.92. The Morgan fingerprint density at radius 3 is 2.65 bits per heavy atom. The minimum atomic E-state index is -3.71. The van der Waals surface area contributed by atoms with Crippen LogP contribution in [0.25, 0.3) is 0 Å². The lowest BCUT2D eigenvalue weighted by Crippen LogP contribution is -2.36. The molecule has 1 unspecified atom stereocenters. The number of halogens is 2. The molecular formula is C14H16Cl2N2O3S2. The topological polar surface area (TPSA) is 62.6 Å². The maximum atomic E-state index is 12.5. The predicted molar refractivity (Wildman–Crippen MR) is 91.8 cm³/mol. The molecular weight excluding hydrogens is 379 g/mol. The average Bonchev–Trinajstić information content (AvgIpc) is 3.21. The second-order valence-electron chi connectivity index (χ2n) is 5.31. The number of rotatable bonds is 6. The van der Waals surface area contributed by atoms with Crippen molar-refractivity contribution < 1.29 is 12.8 Å². The molecule has 1 N–H and O–H groups in total. The fourth-order valence-electron chi connectivity index (χ4n) is 2.72. The average molecular weight is 395 g/mol. The Hall–Kier alpha value is -0.570. The standard InChI is InChI=1S/C14H16Cl2N2O3S2/c15-13-8-12(14(16)22-13)23(19,20)17-9-10(11-4-3-7-21-11)18-5-1-2-6-18/h3-4,7-8,10,17H,1-2,5-6,9H2. The first-order valence-electron chi connectivity index (χ1n) is 7.19. The van der Waals surface area contributed by atoms with E-state index in [1.54, 1.807) is 6.26 Å². The Bertz CT molecular complexity index is 753. The Labute approximate surface area is 149 Å². The molecule has 5 nitrogen and oxygen atoms in total. The number of sulfonamides is 1. The van der Waals surface area contributed by atoms with E-state index in [-0.39, 0.29) is 21.8 Å². The van der Waals surface area contributed by atoms with Gasteiger partial charge >= 0.3 is 0 Å². The molecule has 23 heavy (non-hydrogen) atoms. The highest BCUT2D eigenvalue weighted by Gasteiger charge is 2.28. The van der Waals surface area contributed by atoms with Gasteiger partial charge in [0.25, 0.3) is 0 Å². The van der Waals surface area contributed by atoms with Gasteiger partial charge in [-0.1, -0.05) is 23.2 Å². The van der Waals surface area contributed by atoms with Gasteiger partial charge in [-0.3, -0.25) is 4.90 Å². The third-order valence-corrected chi connectivity index (χ3v) is 7.01. The van der Waals surface area contributed by atoms with E-state index in [1.165, 1.54) is 6.07 Å². The van der Waals surface area contributed by atoms with Crippen LogP contribution in [0.1, 0.15) is 24.6 Å². The lowest BCUT2D eigenvalue weighted by Gasteiger charge is -2.25. The molecule has 0 amide bonds. The number of hydrogen-bond donors (Lipinski definition) is 1. The van der Waals surface area contributed by atoms with E-state index in [1.807, 2.05) is 12.1 Å². The number of thiophene rings is 1. The zero-order valence-electron chi connectivity index (χ0n) is 12.2. The zero-order chi connectivity index (χ0) is 16.4. The summed E-state index contributed by atoms with van der Waals surface area (Å²) in [5.74, 6) is 0.754. The van der Waals surface area contributed by atoms with Crippen LogP contribution in [0.15, 0.2) is 33.8 Å². The Morgan fingerprint density at radius 2 is 2.09 bits per heavy atom. The fourth-order valence-corrected chi connectivity index (χ4v) is 5.90. The first-order chi connectivity index (χ1) is 11.0. The molecule has 2 aromatic heterocycles. The van der Waals surface area contributed by atoms with Crippen molar-refractivity contribution in [2.24, 2.45) is 0 Å². The van der Waals surface area contributed by atoms with Crippen molar-refractivity contribution in [3.63, 3.8) is 0 Å². The molecule has 0 aromatic carbocycles. The van der Waals surface area contributed by atoms with E-state index in [2.05, 4.69) is 9.62 Å². The number of nitrogens with one attached hydrogen (secondary N) is 1. The van der Waals surface area contributed by atoms with Gasteiger partial charge in [0, 0.05) is 6.54 Å². The van der Waals surface area contributed by atoms with Crippen molar-refractivity contribution in [3.8, 4) is 0 Å². The predicted octanol–water partition coefficient (Wildman–Crippen LogP) is 3.76. The molecule has 0 spiro atoms. The highest BCUT2D eigenvalue weighted by atomic mass is 35.5. The maximum Gasteiger partial charge on any atom is 0.243 e. The van der Waals surface area contributed by atoms with E-state index in [0.717, 1.165) is 43.0 Å². The van der Waals surface area contributed by atoms with Crippen LogP contribution in [0.5, 0.6) is 0 Å². The summed E-state index contributed by atoms with van der Waals surface area (Å²) in [7, 11) is -3.71. The summed E-state index contributed by atoms with van der Waals surface area (Å²) in [6.07, 6.45) is 3.81. The van der Waals surface area contributed by atoms with Crippen LogP contribution in [-0.2, 0) is 10.0 Å². The summed E-state index contributed by atoms with van der Waals surface area (Å²) in [4.78, 5) is 2.25. The van der Waals surface area contributed by atoms with Gasteiger partial charge in [-0.05, 0) is 44.1 Å². The van der Waals surface area contributed by atoms with Crippen molar-refractivity contribution in [1.82, 2.24) is 9.62 Å². The second-order valence-corrected chi connectivity index (χ2v) is 9.34. The maximum absolute atomic E-state index is 12.5. The van der Waals surface area contributed by atoms with E-state index < -0.39 is 10.0 Å². The molecule has 0 radical (unpaired) electrons. The summed E-state index contributed by atoms with van der Waals surface area (Å²) in [5, 5.41) is 0. The van der Waals surface area contributed by atoms with Crippen LogP contribution in [0.4, 0.5) is 0 Å². The van der Waals surface area contributed by atoms with Gasteiger partial charge in [0.05, 0.1) is 16.6 Å². The van der Waals surface area contributed by atoms with Crippen LogP contribution in [0.3, 0.4) is 0 Å². The number of furan rings is 1. The summed E-state index contributed by atoms with van der Waals surface area (Å²) in [6, 6.07) is 4.91. The molecule has 9 heteroatoms. The van der Waals surface area contributed by atoms with Crippen LogP contribution in [0, 0.1) is 0 Å².